The molecule has 0 aromatic heterocycles. The highest BCUT2D eigenvalue weighted by Gasteiger charge is 2.24. The number of rotatable bonds is 8. The van der Waals surface area contributed by atoms with Crippen molar-refractivity contribution in [2.75, 3.05) is 13.3 Å². The zero-order valence-electron chi connectivity index (χ0n) is 13.2. The van der Waals surface area contributed by atoms with Crippen molar-refractivity contribution in [1.29, 1.82) is 0 Å². The van der Waals surface area contributed by atoms with Crippen molar-refractivity contribution in [3.05, 3.63) is 71.8 Å². The number of carbonyl (C=O) groups excluding carboxylic acids is 1. The highest BCUT2D eigenvalue weighted by atomic mass is 19.1. The van der Waals surface area contributed by atoms with Crippen LogP contribution in [0.5, 0.6) is 0 Å². The molecule has 0 saturated carbocycles. The molecule has 1 N–H and O–H groups in total. The van der Waals surface area contributed by atoms with E-state index in [0.29, 0.717) is 13.0 Å². The van der Waals surface area contributed by atoms with Gasteiger partial charge in [0.05, 0.1) is 12.6 Å². The molecule has 3 nitrogen and oxygen atoms in total. The minimum Gasteiger partial charge on any atom is -0.465 e. The summed E-state index contributed by atoms with van der Waals surface area (Å²) in [4.78, 5) is 12.2. The molecule has 0 bridgehead atoms. The largest absolute Gasteiger partial charge is 0.465 e. The molecule has 23 heavy (non-hydrogen) atoms. The number of benzene rings is 2. The maximum atomic E-state index is 13.5. The predicted octanol–water partition coefficient (Wildman–Crippen LogP) is 3.46. The van der Waals surface area contributed by atoms with E-state index in [9.17, 15) is 9.18 Å². The molecule has 2 unspecified atom stereocenters. The van der Waals surface area contributed by atoms with Gasteiger partial charge in [-0.2, -0.15) is 0 Å². The number of alkyl halides is 1. The number of ether oxygens (including phenoxy) is 1. The van der Waals surface area contributed by atoms with Gasteiger partial charge in [0, 0.05) is 0 Å². The van der Waals surface area contributed by atoms with E-state index in [1.54, 1.807) is 6.92 Å². The number of halogens is 1. The standard InChI is InChI=1S/C19H22FNO2/c1-2-23-19(22)17(13-15-9-5-3-6-10-15)21-18(14-20)16-11-7-4-8-12-16/h3-12,17-18,21H,2,13-14H2,1H3. The van der Waals surface area contributed by atoms with Crippen molar-refractivity contribution in [2.24, 2.45) is 0 Å². The van der Waals surface area contributed by atoms with Crippen molar-refractivity contribution >= 4 is 5.97 Å². The molecule has 0 aliphatic carbocycles. The highest BCUT2D eigenvalue weighted by molar-refractivity contribution is 5.76. The summed E-state index contributed by atoms with van der Waals surface area (Å²) in [6, 6.07) is 17.8. The van der Waals surface area contributed by atoms with Crippen molar-refractivity contribution < 1.29 is 13.9 Å². The van der Waals surface area contributed by atoms with Crippen LogP contribution in [0.25, 0.3) is 0 Å². The van der Waals surface area contributed by atoms with Crippen molar-refractivity contribution in [1.82, 2.24) is 5.32 Å². The minimum atomic E-state index is -0.589. The van der Waals surface area contributed by atoms with Gasteiger partial charge in [0.1, 0.15) is 12.7 Å². The van der Waals surface area contributed by atoms with Gasteiger partial charge in [-0.1, -0.05) is 60.7 Å². The summed E-state index contributed by atoms with van der Waals surface area (Å²) in [5.41, 5.74) is 1.82. The molecule has 122 valence electrons. The van der Waals surface area contributed by atoms with Crippen LogP contribution < -0.4 is 5.32 Å². The Morgan fingerprint density at radius 1 is 1.09 bits per heavy atom. The third-order valence-electron chi connectivity index (χ3n) is 3.61. The van der Waals surface area contributed by atoms with Crippen molar-refractivity contribution in [3.63, 3.8) is 0 Å². The monoisotopic (exact) mass is 315 g/mol. The number of esters is 1. The number of carbonyl (C=O) groups is 1. The maximum Gasteiger partial charge on any atom is 0.323 e. The second-order valence-corrected chi connectivity index (χ2v) is 5.28. The molecule has 2 aromatic carbocycles. The topological polar surface area (TPSA) is 38.3 Å². The molecule has 0 aliphatic rings. The van der Waals surface area contributed by atoms with Crippen LogP contribution >= 0.6 is 0 Å². The maximum absolute atomic E-state index is 13.5. The van der Waals surface area contributed by atoms with E-state index in [-0.39, 0.29) is 5.97 Å². The van der Waals surface area contributed by atoms with Crippen LogP contribution in [0.2, 0.25) is 0 Å². The zero-order chi connectivity index (χ0) is 16.5. The Bertz CT molecular complexity index is 589. The van der Waals surface area contributed by atoms with E-state index in [2.05, 4.69) is 5.32 Å². The molecular formula is C19H22FNO2. The quantitative estimate of drug-likeness (QED) is 0.758. The van der Waals surface area contributed by atoms with Crippen LogP contribution in [-0.4, -0.2) is 25.3 Å². The molecule has 2 aromatic rings. The first-order valence-corrected chi connectivity index (χ1v) is 7.82. The van der Waals surface area contributed by atoms with Crippen molar-refractivity contribution in [2.45, 2.75) is 25.4 Å². The van der Waals surface area contributed by atoms with Crippen LogP contribution in [0.4, 0.5) is 4.39 Å². The second kappa shape index (κ2) is 9.06. The highest BCUT2D eigenvalue weighted by Crippen LogP contribution is 2.16. The smallest absolute Gasteiger partial charge is 0.323 e. The van der Waals surface area contributed by atoms with E-state index in [1.165, 1.54) is 0 Å². The summed E-state index contributed by atoms with van der Waals surface area (Å²) < 4.78 is 18.6. The fraction of sp³-hybridized carbons (Fsp3) is 0.316. The lowest BCUT2D eigenvalue weighted by Gasteiger charge is -2.23. The summed E-state index contributed by atoms with van der Waals surface area (Å²) in [6.07, 6.45) is 0.461. The average molecular weight is 315 g/mol. The predicted molar refractivity (Wildman–Crippen MR) is 88.9 cm³/mol. The van der Waals surface area contributed by atoms with Gasteiger partial charge in [0.15, 0.2) is 0 Å². The minimum absolute atomic E-state index is 0.303. The third kappa shape index (κ3) is 5.18. The first kappa shape index (κ1) is 17.2. The Kier molecular flexibility index (Phi) is 6.76. The molecule has 2 atom stereocenters. The van der Waals surface area contributed by atoms with Crippen LogP contribution in [0, 0.1) is 0 Å². The molecule has 0 saturated heterocycles. The van der Waals surface area contributed by atoms with Gasteiger partial charge in [-0.05, 0) is 24.5 Å². The lowest BCUT2D eigenvalue weighted by atomic mass is 10.0. The van der Waals surface area contributed by atoms with Gasteiger partial charge in [0.2, 0.25) is 0 Å². The Labute approximate surface area is 136 Å². The normalized spacial score (nSPS) is 13.3. The summed E-state index contributed by atoms with van der Waals surface area (Å²) in [5.74, 6) is -0.356. The summed E-state index contributed by atoms with van der Waals surface area (Å²) in [5, 5.41) is 3.10. The van der Waals surface area contributed by atoms with E-state index in [0.717, 1.165) is 11.1 Å². The second-order valence-electron chi connectivity index (χ2n) is 5.28. The lowest BCUT2D eigenvalue weighted by molar-refractivity contribution is -0.145. The van der Waals surface area contributed by atoms with E-state index < -0.39 is 18.8 Å². The Hall–Kier alpha value is -2.20. The molecule has 4 heteroatoms. The van der Waals surface area contributed by atoms with E-state index >= 15 is 0 Å². The van der Waals surface area contributed by atoms with Gasteiger partial charge >= 0.3 is 5.97 Å². The number of nitrogens with one attached hydrogen (secondary N) is 1. The first-order chi connectivity index (χ1) is 11.2. The molecule has 0 heterocycles. The molecule has 0 amide bonds. The summed E-state index contributed by atoms with van der Waals surface area (Å²) >= 11 is 0. The molecule has 2 rings (SSSR count). The molecule has 0 fully saturated rings. The van der Waals surface area contributed by atoms with Crippen LogP contribution in [0.1, 0.15) is 24.1 Å². The fourth-order valence-corrected chi connectivity index (χ4v) is 2.46. The van der Waals surface area contributed by atoms with Gasteiger partial charge in [-0.25, -0.2) is 4.39 Å². The Morgan fingerprint density at radius 3 is 2.26 bits per heavy atom. The molecule has 0 radical (unpaired) electrons. The van der Waals surface area contributed by atoms with Gasteiger partial charge in [0.25, 0.3) is 0 Å². The van der Waals surface area contributed by atoms with Crippen molar-refractivity contribution in [3.8, 4) is 0 Å². The molecule has 0 aliphatic heterocycles. The third-order valence-corrected chi connectivity index (χ3v) is 3.61. The first-order valence-electron chi connectivity index (χ1n) is 7.82. The van der Waals surface area contributed by atoms with Gasteiger partial charge < -0.3 is 4.74 Å². The number of hydrogen-bond acceptors (Lipinski definition) is 3. The molecular weight excluding hydrogens is 293 g/mol. The van der Waals surface area contributed by atoms with Crippen LogP contribution in [0.3, 0.4) is 0 Å². The number of hydrogen-bond donors (Lipinski definition) is 1. The molecule has 0 spiro atoms. The summed E-state index contributed by atoms with van der Waals surface area (Å²) in [7, 11) is 0. The lowest BCUT2D eigenvalue weighted by Crippen LogP contribution is -2.42. The Morgan fingerprint density at radius 2 is 1.70 bits per heavy atom. The Balaban J connectivity index is 2.14. The fourth-order valence-electron chi connectivity index (χ4n) is 2.46. The SMILES string of the molecule is CCOC(=O)C(Cc1ccccc1)NC(CF)c1ccccc1. The van der Waals surface area contributed by atoms with E-state index in [1.807, 2.05) is 60.7 Å². The van der Waals surface area contributed by atoms with E-state index in [4.69, 9.17) is 4.74 Å². The van der Waals surface area contributed by atoms with Crippen LogP contribution in [-0.2, 0) is 16.0 Å². The van der Waals surface area contributed by atoms with Gasteiger partial charge in [-0.3, -0.25) is 10.1 Å². The average Bonchev–Trinajstić information content (AvgIpc) is 2.60. The van der Waals surface area contributed by atoms with Crippen LogP contribution in [0.15, 0.2) is 60.7 Å². The zero-order valence-corrected chi connectivity index (χ0v) is 13.2. The van der Waals surface area contributed by atoms with Gasteiger partial charge in [-0.15, -0.1) is 0 Å². The summed E-state index contributed by atoms with van der Waals surface area (Å²) in [6.45, 7) is 1.48.